The molecule has 7 nitrogen and oxygen atoms in total. The summed E-state index contributed by atoms with van der Waals surface area (Å²) < 4.78 is 15.8. The number of carbonyl (C=O) groups is 2. The standard InChI is InChI=1S/C24H26N2O5S/c1-4-13-26-23(28)21(32-24(26)25-18-9-7-6-8-10-18)15-17-11-12-19(20(14-17)29-3)31-16-22(27)30-5-2/h6-12,14-15H,4-5,13,16H2,1-3H3/b21-15+,25-24?. The first-order chi connectivity index (χ1) is 15.5. The number of nitrogens with zero attached hydrogens (tertiary/aromatic N) is 2. The van der Waals surface area contributed by atoms with Gasteiger partial charge in [0.25, 0.3) is 5.91 Å². The van der Waals surface area contributed by atoms with E-state index in [4.69, 9.17) is 14.2 Å². The highest BCUT2D eigenvalue weighted by Gasteiger charge is 2.32. The first-order valence-electron chi connectivity index (χ1n) is 10.4. The van der Waals surface area contributed by atoms with Gasteiger partial charge in [-0.25, -0.2) is 9.79 Å². The summed E-state index contributed by atoms with van der Waals surface area (Å²) in [6.45, 7) is 4.45. The zero-order chi connectivity index (χ0) is 22.9. The third kappa shape index (κ3) is 5.91. The van der Waals surface area contributed by atoms with Gasteiger partial charge in [0.15, 0.2) is 23.3 Å². The van der Waals surface area contributed by atoms with Gasteiger partial charge in [0.05, 0.1) is 24.3 Å². The van der Waals surface area contributed by atoms with E-state index < -0.39 is 5.97 Å². The Balaban J connectivity index is 1.82. The highest BCUT2D eigenvalue weighted by molar-refractivity contribution is 8.18. The van der Waals surface area contributed by atoms with E-state index in [1.165, 1.54) is 18.9 Å². The van der Waals surface area contributed by atoms with Crippen molar-refractivity contribution in [1.29, 1.82) is 0 Å². The number of carbonyl (C=O) groups excluding carboxylic acids is 2. The van der Waals surface area contributed by atoms with Crippen molar-refractivity contribution >= 4 is 40.6 Å². The summed E-state index contributed by atoms with van der Waals surface area (Å²) >= 11 is 1.35. The van der Waals surface area contributed by atoms with E-state index in [1.54, 1.807) is 36.1 Å². The third-order valence-electron chi connectivity index (χ3n) is 4.45. The van der Waals surface area contributed by atoms with Crippen LogP contribution in [0.5, 0.6) is 11.5 Å². The zero-order valence-corrected chi connectivity index (χ0v) is 19.2. The Morgan fingerprint density at radius 2 is 1.91 bits per heavy atom. The molecule has 1 aliphatic rings. The molecule has 0 saturated carbocycles. The topological polar surface area (TPSA) is 77.4 Å². The Labute approximate surface area is 192 Å². The smallest absolute Gasteiger partial charge is 0.344 e. The van der Waals surface area contributed by atoms with E-state index in [9.17, 15) is 9.59 Å². The molecular weight excluding hydrogens is 428 g/mol. The van der Waals surface area contributed by atoms with Gasteiger partial charge in [0.2, 0.25) is 0 Å². The summed E-state index contributed by atoms with van der Waals surface area (Å²) in [7, 11) is 1.52. The molecule has 1 aliphatic heterocycles. The van der Waals surface area contributed by atoms with Crippen molar-refractivity contribution in [1.82, 2.24) is 4.90 Å². The molecule has 8 heteroatoms. The van der Waals surface area contributed by atoms with E-state index in [0.29, 0.717) is 34.7 Å². The minimum absolute atomic E-state index is 0.0758. The lowest BCUT2D eigenvalue weighted by atomic mass is 10.2. The van der Waals surface area contributed by atoms with Crippen LogP contribution in [-0.4, -0.2) is 48.8 Å². The van der Waals surface area contributed by atoms with Gasteiger partial charge in [0.1, 0.15) is 0 Å². The van der Waals surface area contributed by atoms with Crippen LogP contribution < -0.4 is 9.47 Å². The monoisotopic (exact) mass is 454 g/mol. The maximum atomic E-state index is 13.0. The van der Waals surface area contributed by atoms with Crippen LogP contribution in [0, 0.1) is 0 Å². The van der Waals surface area contributed by atoms with Gasteiger partial charge < -0.3 is 14.2 Å². The Morgan fingerprint density at radius 1 is 1.12 bits per heavy atom. The molecule has 1 heterocycles. The molecule has 3 rings (SSSR count). The van der Waals surface area contributed by atoms with Crippen molar-refractivity contribution in [2.45, 2.75) is 20.3 Å². The second-order valence-corrected chi connectivity index (χ2v) is 7.81. The van der Waals surface area contributed by atoms with Crippen LogP contribution in [0.4, 0.5) is 5.69 Å². The molecule has 168 valence electrons. The van der Waals surface area contributed by atoms with Gasteiger partial charge in [0, 0.05) is 6.54 Å². The van der Waals surface area contributed by atoms with Crippen molar-refractivity contribution in [3.63, 3.8) is 0 Å². The molecule has 0 N–H and O–H groups in total. The van der Waals surface area contributed by atoms with Crippen LogP contribution in [-0.2, 0) is 14.3 Å². The number of esters is 1. The number of amidine groups is 1. The van der Waals surface area contributed by atoms with Crippen molar-refractivity contribution in [3.05, 3.63) is 59.0 Å². The molecule has 0 spiro atoms. The molecule has 0 bridgehead atoms. The molecule has 2 aromatic rings. The van der Waals surface area contributed by atoms with Gasteiger partial charge in [-0.2, -0.15) is 0 Å². The molecule has 1 saturated heterocycles. The Kier molecular flexibility index (Phi) is 8.33. The van der Waals surface area contributed by atoms with Crippen molar-refractivity contribution in [2.75, 3.05) is 26.9 Å². The van der Waals surface area contributed by atoms with Gasteiger partial charge in [-0.05, 0) is 61.0 Å². The number of benzene rings is 2. The normalized spacial score (nSPS) is 16.0. The number of aliphatic imine (C=N–C) groups is 1. The molecule has 1 fully saturated rings. The molecule has 32 heavy (non-hydrogen) atoms. The third-order valence-corrected chi connectivity index (χ3v) is 5.46. The predicted octanol–water partition coefficient (Wildman–Crippen LogP) is 4.65. The maximum absolute atomic E-state index is 13.0. The lowest BCUT2D eigenvalue weighted by Gasteiger charge is -2.13. The van der Waals surface area contributed by atoms with Crippen molar-refractivity contribution in [3.8, 4) is 11.5 Å². The maximum Gasteiger partial charge on any atom is 0.344 e. The van der Waals surface area contributed by atoms with Crippen LogP contribution >= 0.6 is 11.8 Å². The molecule has 0 aromatic heterocycles. The molecule has 0 aliphatic carbocycles. The summed E-state index contributed by atoms with van der Waals surface area (Å²) in [4.78, 5) is 31.5. The number of hydrogen-bond acceptors (Lipinski definition) is 7. The Hall–Kier alpha value is -3.26. The number of hydrogen-bond donors (Lipinski definition) is 0. The molecule has 1 amide bonds. The summed E-state index contributed by atoms with van der Waals surface area (Å²) in [5.41, 5.74) is 1.58. The van der Waals surface area contributed by atoms with Gasteiger partial charge in [-0.15, -0.1) is 0 Å². The number of thioether (sulfide) groups is 1. The van der Waals surface area contributed by atoms with E-state index >= 15 is 0 Å². The van der Waals surface area contributed by atoms with Gasteiger partial charge in [-0.1, -0.05) is 31.2 Å². The fourth-order valence-corrected chi connectivity index (χ4v) is 4.03. The number of methoxy groups -OCH3 is 1. The molecule has 0 radical (unpaired) electrons. The van der Waals surface area contributed by atoms with E-state index in [1.807, 2.05) is 37.3 Å². The summed E-state index contributed by atoms with van der Waals surface area (Å²) in [6, 6.07) is 14.8. The van der Waals surface area contributed by atoms with Crippen LogP contribution in [0.1, 0.15) is 25.8 Å². The van der Waals surface area contributed by atoms with Crippen LogP contribution in [0.15, 0.2) is 58.4 Å². The molecule has 0 atom stereocenters. The summed E-state index contributed by atoms with van der Waals surface area (Å²) in [6.07, 6.45) is 2.63. The lowest BCUT2D eigenvalue weighted by molar-refractivity contribution is -0.145. The second kappa shape index (κ2) is 11.4. The average molecular weight is 455 g/mol. The fourth-order valence-electron chi connectivity index (χ4n) is 3.01. The van der Waals surface area contributed by atoms with E-state index in [0.717, 1.165) is 17.7 Å². The van der Waals surface area contributed by atoms with Crippen molar-refractivity contribution < 1.29 is 23.8 Å². The largest absolute Gasteiger partial charge is 0.493 e. The van der Waals surface area contributed by atoms with Crippen LogP contribution in [0.2, 0.25) is 0 Å². The Morgan fingerprint density at radius 3 is 2.59 bits per heavy atom. The van der Waals surface area contributed by atoms with E-state index in [-0.39, 0.29) is 12.5 Å². The quantitative estimate of drug-likeness (QED) is 0.405. The Bertz CT molecular complexity index is 1020. The molecule has 2 aromatic carbocycles. The molecule has 0 unspecified atom stereocenters. The van der Waals surface area contributed by atoms with Crippen molar-refractivity contribution in [2.24, 2.45) is 4.99 Å². The minimum Gasteiger partial charge on any atom is -0.493 e. The zero-order valence-electron chi connectivity index (χ0n) is 18.4. The van der Waals surface area contributed by atoms with E-state index in [2.05, 4.69) is 4.99 Å². The first-order valence-corrected chi connectivity index (χ1v) is 11.2. The summed E-state index contributed by atoms with van der Waals surface area (Å²) in [5.74, 6) is 0.359. The number of amides is 1. The average Bonchev–Trinajstić information content (AvgIpc) is 3.08. The summed E-state index contributed by atoms with van der Waals surface area (Å²) in [5, 5.41) is 0.663. The fraction of sp³-hybridized carbons (Fsp3) is 0.292. The van der Waals surface area contributed by atoms with Gasteiger partial charge >= 0.3 is 5.97 Å². The minimum atomic E-state index is -0.449. The van der Waals surface area contributed by atoms with Crippen LogP contribution in [0.3, 0.4) is 0 Å². The predicted molar refractivity (Wildman–Crippen MR) is 126 cm³/mol. The number of rotatable bonds is 9. The second-order valence-electron chi connectivity index (χ2n) is 6.80. The van der Waals surface area contributed by atoms with Crippen LogP contribution in [0.25, 0.3) is 6.08 Å². The highest BCUT2D eigenvalue weighted by atomic mass is 32.2. The highest BCUT2D eigenvalue weighted by Crippen LogP contribution is 2.36. The lowest BCUT2D eigenvalue weighted by Crippen LogP contribution is -2.29. The SMILES string of the molecule is CCCN1C(=O)/C(=C\c2ccc(OCC(=O)OCC)c(OC)c2)SC1=Nc1ccccc1. The number of ether oxygens (including phenoxy) is 3. The number of para-hydroxylation sites is 1. The van der Waals surface area contributed by atoms with Gasteiger partial charge in [-0.3, -0.25) is 9.69 Å². The molecular formula is C24H26N2O5S. The first kappa shape index (κ1) is 23.4.